The fraction of sp³-hybridized carbons (Fsp3) is 0.200. The van der Waals surface area contributed by atoms with Gasteiger partial charge < -0.3 is 0 Å². The van der Waals surface area contributed by atoms with E-state index in [-0.39, 0.29) is 0 Å². The molecule has 3 rings (SSSR count). The summed E-state index contributed by atoms with van der Waals surface area (Å²) in [6.07, 6.45) is 1.06. The molecule has 0 aliphatic carbocycles. The summed E-state index contributed by atoms with van der Waals surface area (Å²) in [6, 6.07) is 17.3. The molecule has 1 heterocycles. The maximum Gasteiger partial charge on any atom is 0.0390 e. The predicted octanol–water partition coefficient (Wildman–Crippen LogP) is 3.01. The minimum absolute atomic E-state index is 0.852. The van der Waals surface area contributed by atoms with Gasteiger partial charge in [0.05, 0.1) is 0 Å². The van der Waals surface area contributed by atoms with Crippen LogP contribution in [0, 0.1) is 0 Å². The lowest BCUT2D eigenvalue weighted by Gasteiger charge is -2.17. The molecule has 0 bridgehead atoms. The molecule has 1 heteroatoms. The van der Waals surface area contributed by atoms with Gasteiger partial charge >= 0.3 is 0 Å². The van der Waals surface area contributed by atoms with Gasteiger partial charge in [-0.1, -0.05) is 48.5 Å². The Balaban J connectivity index is 2.22. The van der Waals surface area contributed by atoms with Crippen molar-refractivity contribution in [1.82, 2.24) is 5.32 Å². The van der Waals surface area contributed by atoms with Gasteiger partial charge in [0, 0.05) is 13.1 Å². The molecule has 0 aromatic heterocycles. The Morgan fingerprint density at radius 3 is 2.19 bits per heavy atom. The van der Waals surface area contributed by atoms with Gasteiger partial charge in [-0.25, -0.2) is 5.32 Å². The highest BCUT2D eigenvalue weighted by molar-refractivity contribution is 5.71. The number of hydrogen-bond acceptors (Lipinski definition) is 0. The van der Waals surface area contributed by atoms with E-state index in [1.165, 1.54) is 22.3 Å². The lowest BCUT2D eigenvalue weighted by molar-refractivity contribution is 0.668. The van der Waals surface area contributed by atoms with Crippen molar-refractivity contribution in [2.75, 3.05) is 6.54 Å². The van der Waals surface area contributed by atoms with E-state index >= 15 is 0 Å². The van der Waals surface area contributed by atoms with Crippen LogP contribution in [0.25, 0.3) is 11.1 Å². The lowest BCUT2D eigenvalue weighted by Crippen LogP contribution is -2.13. The van der Waals surface area contributed by atoms with Crippen LogP contribution in [0.3, 0.4) is 0 Å². The summed E-state index contributed by atoms with van der Waals surface area (Å²) in [5.74, 6) is 0. The van der Waals surface area contributed by atoms with Gasteiger partial charge in [0.2, 0.25) is 0 Å². The molecular formula is C15H14N. The minimum Gasteiger partial charge on any atom is -0.237 e. The van der Waals surface area contributed by atoms with E-state index in [1.54, 1.807) is 0 Å². The molecule has 1 radical (unpaired) electrons. The molecule has 0 spiro atoms. The summed E-state index contributed by atoms with van der Waals surface area (Å²) < 4.78 is 0. The van der Waals surface area contributed by atoms with Crippen LogP contribution < -0.4 is 5.32 Å². The van der Waals surface area contributed by atoms with Gasteiger partial charge in [-0.3, -0.25) is 0 Å². The number of benzene rings is 2. The molecule has 0 saturated heterocycles. The van der Waals surface area contributed by atoms with E-state index < -0.39 is 0 Å². The summed E-state index contributed by atoms with van der Waals surface area (Å²) in [7, 11) is 0. The average molecular weight is 208 g/mol. The second-order valence-electron chi connectivity index (χ2n) is 4.17. The number of fused-ring (bicyclic) bond motifs is 3. The third-order valence-electron chi connectivity index (χ3n) is 3.15. The van der Waals surface area contributed by atoms with Crippen LogP contribution in [-0.4, -0.2) is 6.54 Å². The van der Waals surface area contributed by atoms with Crippen molar-refractivity contribution in [2.24, 2.45) is 0 Å². The molecule has 2 aromatic rings. The Morgan fingerprint density at radius 1 is 0.750 bits per heavy atom. The highest BCUT2D eigenvalue weighted by Gasteiger charge is 2.11. The van der Waals surface area contributed by atoms with Crippen molar-refractivity contribution >= 4 is 0 Å². The number of hydrogen-bond donors (Lipinski definition) is 0. The second kappa shape index (κ2) is 4.11. The van der Waals surface area contributed by atoms with E-state index in [2.05, 4.69) is 53.8 Å². The summed E-state index contributed by atoms with van der Waals surface area (Å²) >= 11 is 0. The van der Waals surface area contributed by atoms with Gasteiger partial charge in [-0.15, -0.1) is 0 Å². The Bertz CT molecular complexity index is 455. The van der Waals surface area contributed by atoms with Gasteiger partial charge in [-0.05, 0) is 28.7 Å². The van der Waals surface area contributed by atoms with Crippen molar-refractivity contribution in [3.05, 3.63) is 59.7 Å². The molecule has 0 unspecified atom stereocenters. The topological polar surface area (TPSA) is 14.1 Å². The van der Waals surface area contributed by atoms with Crippen molar-refractivity contribution < 1.29 is 0 Å². The van der Waals surface area contributed by atoms with Crippen molar-refractivity contribution in [3.63, 3.8) is 0 Å². The van der Waals surface area contributed by atoms with Crippen LogP contribution in [0.1, 0.15) is 11.1 Å². The molecule has 1 aliphatic heterocycles. The molecule has 79 valence electrons. The number of rotatable bonds is 0. The van der Waals surface area contributed by atoms with E-state index in [4.69, 9.17) is 0 Å². The number of nitrogens with zero attached hydrogens (tertiary/aromatic N) is 1. The maximum absolute atomic E-state index is 4.57. The van der Waals surface area contributed by atoms with Gasteiger partial charge in [0.15, 0.2) is 0 Å². The van der Waals surface area contributed by atoms with E-state index in [0.29, 0.717) is 0 Å². The fourth-order valence-corrected chi connectivity index (χ4v) is 2.32. The molecule has 0 N–H and O–H groups in total. The largest absolute Gasteiger partial charge is 0.237 e. The Hall–Kier alpha value is -1.60. The first-order valence-electron chi connectivity index (χ1n) is 5.74. The van der Waals surface area contributed by atoms with E-state index in [0.717, 1.165) is 19.5 Å². The van der Waals surface area contributed by atoms with Gasteiger partial charge in [0.1, 0.15) is 0 Å². The smallest absolute Gasteiger partial charge is 0.0390 e. The summed E-state index contributed by atoms with van der Waals surface area (Å²) in [5, 5.41) is 4.57. The fourth-order valence-electron chi connectivity index (χ4n) is 2.32. The van der Waals surface area contributed by atoms with E-state index in [9.17, 15) is 0 Å². The Labute approximate surface area is 96.1 Å². The monoisotopic (exact) mass is 208 g/mol. The first-order chi connectivity index (χ1) is 7.95. The molecule has 2 aromatic carbocycles. The standard InChI is InChI=1S/C15H14N/c1-3-7-14-12(5-1)9-10-16-11-13-6-2-4-8-15(13)14/h1-8H,9-11H2. The Morgan fingerprint density at radius 2 is 1.38 bits per heavy atom. The molecule has 1 nitrogen and oxygen atoms in total. The Kier molecular flexibility index (Phi) is 2.47. The van der Waals surface area contributed by atoms with Crippen LogP contribution >= 0.6 is 0 Å². The summed E-state index contributed by atoms with van der Waals surface area (Å²) in [6.45, 7) is 1.79. The molecule has 1 aliphatic rings. The summed E-state index contributed by atoms with van der Waals surface area (Å²) in [5.41, 5.74) is 5.49. The SMILES string of the molecule is c1ccc2c(c1)CC[N]Cc1ccccc1-2. The molecule has 0 fully saturated rings. The molecular weight excluding hydrogens is 194 g/mol. The molecule has 16 heavy (non-hydrogen) atoms. The second-order valence-corrected chi connectivity index (χ2v) is 4.17. The van der Waals surface area contributed by atoms with Gasteiger partial charge in [-0.2, -0.15) is 0 Å². The zero-order chi connectivity index (χ0) is 10.8. The van der Waals surface area contributed by atoms with Crippen LogP contribution in [0.15, 0.2) is 48.5 Å². The third-order valence-corrected chi connectivity index (χ3v) is 3.15. The predicted molar refractivity (Wildman–Crippen MR) is 66.3 cm³/mol. The zero-order valence-corrected chi connectivity index (χ0v) is 9.19. The van der Waals surface area contributed by atoms with Gasteiger partial charge in [0.25, 0.3) is 0 Å². The quantitative estimate of drug-likeness (QED) is 0.632. The maximum atomic E-state index is 4.57. The third kappa shape index (κ3) is 1.63. The van der Waals surface area contributed by atoms with Crippen LogP contribution in [0.4, 0.5) is 0 Å². The normalized spacial score (nSPS) is 14.5. The molecule has 0 atom stereocenters. The molecule has 0 amide bonds. The highest BCUT2D eigenvalue weighted by atomic mass is 14.8. The minimum atomic E-state index is 0.852. The summed E-state index contributed by atoms with van der Waals surface area (Å²) in [4.78, 5) is 0. The van der Waals surface area contributed by atoms with Crippen molar-refractivity contribution in [1.29, 1.82) is 0 Å². The first-order valence-corrected chi connectivity index (χ1v) is 5.74. The van der Waals surface area contributed by atoms with Crippen molar-refractivity contribution in [3.8, 4) is 11.1 Å². The van der Waals surface area contributed by atoms with E-state index in [1.807, 2.05) is 0 Å². The van der Waals surface area contributed by atoms with Crippen molar-refractivity contribution in [2.45, 2.75) is 13.0 Å². The van der Waals surface area contributed by atoms with Crippen LogP contribution in [0.5, 0.6) is 0 Å². The van der Waals surface area contributed by atoms with Crippen LogP contribution in [0.2, 0.25) is 0 Å². The van der Waals surface area contributed by atoms with Crippen LogP contribution in [-0.2, 0) is 13.0 Å². The highest BCUT2D eigenvalue weighted by Crippen LogP contribution is 2.28. The zero-order valence-electron chi connectivity index (χ0n) is 9.19. The molecule has 0 saturated carbocycles. The first kappa shape index (κ1) is 9.61. The average Bonchev–Trinajstić information content (AvgIpc) is 2.33. The lowest BCUT2D eigenvalue weighted by atomic mass is 9.92.